The number of ether oxygens (including phenoxy) is 1. The summed E-state index contributed by atoms with van der Waals surface area (Å²) in [6.07, 6.45) is 45.3. The lowest BCUT2D eigenvalue weighted by molar-refractivity contribution is -0.137. The van der Waals surface area contributed by atoms with Crippen molar-refractivity contribution in [3.05, 3.63) is 12.7 Å². The van der Waals surface area contributed by atoms with E-state index in [-0.39, 0.29) is 5.97 Å². The summed E-state index contributed by atoms with van der Waals surface area (Å²) in [7, 11) is 0. The van der Waals surface area contributed by atoms with Crippen molar-refractivity contribution in [1.29, 1.82) is 0 Å². The van der Waals surface area contributed by atoms with E-state index < -0.39 is 0 Å². The maximum absolute atomic E-state index is 10.9. The molecule has 38 heavy (non-hydrogen) atoms. The zero-order valence-electron chi connectivity index (χ0n) is 26.2. The maximum Gasteiger partial charge on any atom is 0.330 e. The van der Waals surface area contributed by atoms with Gasteiger partial charge in [0.05, 0.1) is 6.61 Å². The highest BCUT2D eigenvalue weighted by molar-refractivity contribution is 5.81. The molecule has 0 aromatic carbocycles. The SMILES string of the molecule is C=CC(=O)OCCCCCCCCCCCCCCCCCCCCCCCCCCCCCCCCC. The van der Waals surface area contributed by atoms with Crippen LogP contribution in [0.5, 0.6) is 0 Å². The van der Waals surface area contributed by atoms with Gasteiger partial charge in [-0.15, -0.1) is 0 Å². The van der Waals surface area contributed by atoms with E-state index in [1.807, 2.05) is 0 Å². The van der Waals surface area contributed by atoms with Gasteiger partial charge in [-0.05, 0) is 6.42 Å². The topological polar surface area (TPSA) is 26.3 Å². The minimum atomic E-state index is -0.296. The Balaban J connectivity index is 3.04. The maximum atomic E-state index is 10.9. The molecule has 0 radical (unpaired) electrons. The molecule has 0 N–H and O–H groups in total. The van der Waals surface area contributed by atoms with Crippen LogP contribution in [0.3, 0.4) is 0 Å². The molecule has 0 rings (SSSR count). The summed E-state index contributed by atoms with van der Waals surface area (Å²) in [5.41, 5.74) is 0. The van der Waals surface area contributed by atoms with Crippen molar-refractivity contribution in [1.82, 2.24) is 0 Å². The average molecular weight is 535 g/mol. The molecule has 0 aliphatic heterocycles. The van der Waals surface area contributed by atoms with Crippen molar-refractivity contribution in [3.63, 3.8) is 0 Å². The van der Waals surface area contributed by atoms with Gasteiger partial charge < -0.3 is 4.74 Å². The zero-order chi connectivity index (χ0) is 27.6. The van der Waals surface area contributed by atoms with E-state index in [0.717, 1.165) is 6.42 Å². The smallest absolute Gasteiger partial charge is 0.330 e. The van der Waals surface area contributed by atoms with Crippen LogP contribution in [-0.4, -0.2) is 12.6 Å². The van der Waals surface area contributed by atoms with Crippen molar-refractivity contribution < 1.29 is 9.53 Å². The molecule has 0 aromatic rings. The number of hydrogen-bond acceptors (Lipinski definition) is 2. The summed E-state index contributed by atoms with van der Waals surface area (Å²) in [6, 6.07) is 0. The third-order valence-corrected chi connectivity index (χ3v) is 8.16. The number of carbonyl (C=O) groups excluding carboxylic acids is 1. The van der Waals surface area contributed by atoms with E-state index in [1.165, 1.54) is 199 Å². The number of rotatable bonds is 33. The molecule has 0 heterocycles. The van der Waals surface area contributed by atoms with Crippen LogP contribution in [0.15, 0.2) is 12.7 Å². The first kappa shape index (κ1) is 37.2. The van der Waals surface area contributed by atoms with Crippen molar-refractivity contribution >= 4 is 5.97 Å². The van der Waals surface area contributed by atoms with Crippen molar-refractivity contribution in [2.75, 3.05) is 6.61 Å². The Morgan fingerprint density at radius 1 is 0.421 bits per heavy atom. The second kappa shape index (κ2) is 34.2. The number of esters is 1. The predicted octanol–water partition coefficient (Wildman–Crippen LogP) is 12.8. The van der Waals surface area contributed by atoms with Crippen molar-refractivity contribution in [2.24, 2.45) is 0 Å². The molecule has 0 unspecified atom stereocenters. The van der Waals surface area contributed by atoms with Gasteiger partial charge in [-0.1, -0.05) is 206 Å². The molecule has 2 heteroatoms. The standard InChI is InChI=1S/C36H70O2/c1-3-5-6-7-8-9-10-11-12-13-14-15-16-17-18-19-20-21-22-23-24-25-26-27-28-29-30-31-32-33-34-35-38-36(37)4-2/h4H,2-3,5-35H2,1H3. The largest absolute Gasteiger partial charge is 0.463 e. The van der Waals surface area contributed by atoms with Crippen LogP contribution in [0.1, 0.15) is 206 Å². The summed E-state index contributed by atoms with van der Waals surface area (Å²) in [6.45, 7) is 6.26. The van der Waals surface area contributed by atoms with Gasteiger partial charge in [-0.2, -0.15) is 0 Å². The fourth-order valence-electron chi connectivity index (χ4n) is 5.53. The van der Waals surface area contributed by atoms with Crippen molar-refractivity contribution in [2.45, 2.75) is 206 Å². The van der Waals surface area contributed by atoms with Gasteiger partial charge >= 0.3 is 5.97 Å². The fraction of sp³-hybridized carbons (Fsp3) is 0.917. The number of hydrogen-bond donors (Lipinski definition) is 0. The Kier molecular flexibility index (Phi) is 33.5. The first-order valence-corrected chi connectivity index (χ1v) is 17.6. The van der Waals surface area contributed by atoms with Crippen LogP contribution in [0, 0.1) is 0 Å². The monoisotopic (exact) mass is 535 g/mol. The molecule has 0 atom stereocenters. The van der Waals surface area contributed by atoms with Crippen LogP contribution in [0.2, 0.25) is 0 Å². The van der Waals surface area contributed by atoms with Gasteiger partial charge in [0.25, 0.3) is 0 Å². The second-order valence-electron chi connectivity index (χ2n) is 12.0. The van der Waals surface area contributed by atoms with Gasteiger partial charge in [0, 0.05) is 6.08 Å². The number of unbranched alkanes of at least 4 members (excludes halogenated alkanes) is 30. The quantitative estimate of drug-likeness (QED) is 0.0475. The van der Waals surface area contributed by atoms with Crippen LogP contribution in [0.25, 0.3) is 0 Å². The van der Waals surface area contributed by atoms with Crippen molar-refractivity contribution in [3.8, 4) is 0 Å². The van der Waals surface area contributed by atoms with E-state index in [4.69, 9.17) is 4.74 Å². The third kappa shape index (κ3) is 33.2. The average Bonchev–Trinajstić information content (AvgIpc) is 2.93. The third-order valence-electron chi connectivity index (χ3n) is 8.16. The summed E-state index contributed by atoms with van der Waals surface area (Å²) >= 11 is 0. The zero-order valence-corrected chi connectivity index (χ0v) is 26.2. The second-order valence-corrected chi connectivity index (χ2v) is 12.0. The van der Waals surface area contributed by atoms with E-state index in [9.17, 15) is 4.79 Å². The van der Waals surface area contributed by atoms with Crippen LogP contribution >= 0.6 is 0 Å². The van der Waals surface area contributed by atoms with Crippen LogP contribution < -0.4 is 0 Å². The lowest BCUT2D eigenvalue weighted by atomic mass is 10.0. The van der Waals surface area contributed by atoms with Gasteiger partial charge in [0.2, 0.25) is 0 Å². The fourth-order valence-corrected chi connectivity index (χ4v) is 5.53. The highest BCUT2D eigenvalue weighted by atomic mass is 16.5. The molecule has 0 aliphatic carbocycles. The summed E-state index contributed by atoms with van der Waals surface area (Å²) in [5, 5.41) is 0. The first-order chi connectivity index (χ1) is 18.8. The Labute approximate surface area is 240 Å². The summed E-state index contributed by atoms with van der Waals surface area (Å²) in [4.78, 5) is 10.9. The van der Waals surface area contributed by atoms with E-state index in [0.29, 0.717) is 6.61 Å². The highest BCUT2D eigenvalue weighted by Crippen LogP contribution is 2.16. The first-order valence-electron chi connectivity index (χ1n) is 17.6. The Hall–Kier alpha value is -0.790. The molecule has 226 valence electrons. The minimum absolute atomic E-state index is 0.296. The molecule has 2 nitrogen and oxygen atoms in total. The van der Waals surface area contributed by atoms with Gasteiger partial charge in [0.15, 0.2) is 0 Å². The molecule has 0 spiro atoms. The Bertz CT molecular complexity index is 458. The van der Waals surface area contributed by atoms with E-state index in [2.05, 4.69) is 13.5 Å². The van der Waals surface area contributed by atoms with E-state index in [1.54, 1.807) is 0 Å². The summed E-state index contributed by atoms with van der Waals surface area (Å²) < 4.78 is 5.00. The summed E-state index contributed by atoms with van der Waals surface area (Å²) in [5.74, 6) is -0.296. The lowest BCUT2D eigenvalue weighted by Crippen LogP contribution is -2.01. The molecular weight excluding hydrogens is 464 g/mol. The van der Waals surface area contributed by atoms with Crippen LogP contribution in [0.4, 0.5) is 0 Å². The van der Waals surface area contributed by atoms with Gasteiger partial charge in [-0.3, -0.25) is 0 Å². The van der Waals surface area contributed by atoms with Gasteiger partial charge in [0.1, 0.15) is 0 Å². The Morgan fingerprint density at radius 3 is 0.842 bits per heavy atom. The molecule has 0 fully saturated rings. The lowest BCUT2D eigenvalue weighted by Gasteiger charge is -2.05. The molecule has 0 saturated carbocycles. The molecule has 0 aliphatic rings. The molecule has 0 aromatic heterocycles. The van der Waals surface area contributed by atoms with Gasteiger partial charge in [-0.25, -0.2) is 4.79 Å². The predicted molar refractivity (Wildman–Crippen MR) is 170 cm³/mol. The van der Waals surface area contributed by atoms with Crippen LogP contribution in [-0.2, 0) is 9.53 Å². The molecule has 0 saturated heterocycles. The number of carbonyl (C=O) groups is 1. The Morgan fingerprint density at radius 2 is 0.632 bits per heavy atom. The molecule has 0 amide bonds. The molecule has 0 bridgehead atoms. The highest BCUT2D eigenvalue weighted by Gasteiger charge is 1.98. The van der Waals surface area contributed by atoms with E-state index >= 15 is 0 Å². The molecular formula is C36H70O2. The normalized spacial score (nSPS) is 11.2. The minimum Gasteiger partial charge on any atom is -0.463 e.